The Balaban J connectivity index is 2.38. The first kappa shape index (κ1) is 14.3. The van der Waals surface area contributed by atoms with Crippen molar-refractivity contribution in [1.29, 1.82) is 0 Å². The van der Waals surface area contributed by atoms with E-state index in [0.29, 0.717) is 18.0 Å². The molecule has 1 aliphatic rings. The molecule has 0 saturated heterocycles. The van der Waals surface area contributed by atoms with Gasteiger partial charge < -0.3 is 20.1 Å². The van der Waals surface area contributed by atoms with Crippen molar-refractivity contribution >= 4 is 17.5 Å². The van der Waals surface area contributed by atoms with Gasteiger partial charge in [-0.2, -0.15) is 0 Å². The molecule has 0 bridgehead atoms. The molecular formula is C14H18N2O4. The topological polar surface area (TPSA) is 78.9 Å². The van der Waals surface area contributed by atoms with Crippen molar-refractivity contribution in [3.8, 4) is 5.75 Å². The summed E-state index contributed by atoms with van der Waals surface area (Å²) in [6.45, 7) is 3.62. The smallest absolute Gasteiger partial charge is 0.280 e. The fourth-order valence-corrected chi connectivity index (χ4v) is 2.19. The Morgan fingerprint density at radius 1 is 1.45 bits per heavy atom. The molecule has 1 unspecified atom stereocenters. The van der Waals surface area contributed by atoms with E-state index in [-0.39, 0.29) is 13.2 Å². The van der Waals surface area contributed by atoms with Crippen molar-refractivity contribution in [2.75, 3.05) is 24.6 Å². The number of anilines is 1. The van der Waals surface area contributed by atoms with Crippen molar-refractivity contribution in [3.63, 3.8) is 0 Å². The van der Waals surface area contributed by atoms with Gasteiger partial charge in [0.25, 0.3) is 17.4 Å². The number of aliphatic hydroxyl groups excluding tert-OH is 1. The number of para-hydroxylation sites is 2. The van der Waals surface area contributed by atoms with Crippen LogP contribution in [0, 0.1) is 0 Å². The van der Waals surface area contributed by atoms with E-state index in [9.17, 15) is 9.59 Å². The number of fused-ring (bicyclic) bond motifs is 1. The third-order valence-corrected chi connectivity index (χ3v) is 3.27. The zero-order chi connectivity index (χ0) is 14.8. The van der Waals surface area contributed by atoms with Gasteiger partial charge in [0.2, 0.25) is 0 Å². The standard InChI is InChI=1S/C14H18N2O4/c1-3-16-10-6-4-5-7-11(10)20-14(2,13(16)19)12(18)15-8-9-17/h4-7,17H,3,8-9H2,1-2H3,(H,15,18). The number of hydrogen-bond acceptors (Lipinski definition) is 4. The van der Waals surface area contributed by atoms with Crippen molar-refractivity contribution < 1.29 is 19.4 Å². The van der Waals surface area contributed by atoms with E-state index >= 15 is 0 Å². The Labute approximate surface area is 117 Å². The van der Waals surface area contributed by atoms with Crippen molar-refractivity contribution in [2.45, 2.75) is 19.4 Å². The first-order valence-corrected chi connectivity index (χ1v) is 6.53. The summed E-state index contributed by atoms with van der Waals surface area (Å²) in [7, 11) is 0. The maximum atomic E-state index is 12.5. The van der Waals surface area contributed by atoms with Crippen LogP contribution >= 0.6 is 0 Å². The molecular weight excluding hydrogens is 260 g/mol. The quantitative estimate of drug-likeness (QED) is 0.776. The lowest BCUT2D eigenvalue weighted by molar-refractivity contribution is -0.148. The number of nitrogens with one attached hydrogen (secondary N) is 1. The number of ether oxygens (including phenoxy) is 1. The van der Waals surface area contributed by atoms with Gasteiger partial charge in [0.1, 0.15) is 5.75 Å². The van der Waals surface area contributed by atoms with Gasteiger partial charge in [0.15, 0.2) is 0 Å². The summed E-state index contributed by atoms with van der Waals surface area (Å²) < 4.78 is 5.64. The maximum Gasteiger partial charge on any atom is 0.280 e. The van der Waals surface area contributed by atoms with Gasteiger partial charge in [0, 0.05) is 13.1 Å². The molecule has 1 aliphatic heterocycles. The second-order valence-electron chi connectivity index (χ2n) is 4.63. The fourth-order valence-electron chi connectivity index (χ4n) is 2.19. The summed E-state index contributed by atoms with van der Waals surface area (Å²) in [6, 6.07) is 7.10. The Kier molecular flexibility index (Phi) is 3.94. The highest BCUT2D eigenvalue weighted by atomic mass is 16.5. The number of carbonyl (C=O) groups is 2. The van der Waals surface area contributed by atoms with E-state index in [1.54, 1.807) is 18.2 Å². The minimum absolute atomic E-state index is 0.0822. The molecule has 2 rings (SSSR count). The molecule has 1 aromatic carbocycles. The van der Waals surface area contributed by atoms with E-state index in [1.807, 2.05) is 13.0 Å². The van der Waals surface area contributed by atoms with Crippen LogP contribution in [-0.2, 0) is 9.59 Å². The number of likely N-dealkylation sites (N-methyl/N-ethyl adjacent to an activating group) is 1. The molecule has 20 heavy (non-hydrogen) atoms. The van der Waals surface area contributed by atoms with Gasteiger partial charge >= 0.3 is 0 Å². The third kappa shape index (κ3) is 2.22. The van der Waals surface area contributed by atoms with Gasteiger partial charge in [-0.3, -0.25) is 9.59 Å². The van der Waals surface area contributed by atoms with Crippen LogP contribution in [0.2, 0.25) is 0 Å². The molecule has 0 fully saturated rings. The Bertz CT molecular complexity index is 532. The summed E-state index contributed by atoms with van der Waals surface area (Å²) >= 11 is 0. The summed E-state index contributed by atoms with van der Waals surface area (Å²) in [5.74, 6) is -0.464. The fraction of sp³-hybridized carbons (Fsp3) is 0.429. The second kappa shape index (κ2) is 5.50. The number of carbonyl (C=O) groups excluding carboxylic acids is 2. The van der Waals surface area contributed by atoms with Crippen molar-refractivity contribution in [1.82, 2.24) is 5.32 Å². The van der Waals surface area contributed by atoms with Crippen molar-refractivity contribution in [2.24, 2.45) is 0 Å². The lowest BCUT2D eigenvalue weighted by atomic mass is 10.00. The minimum atomic E-state index is -1.61. The van der Waals surface area contributed by atoms with Crippen LogP contribution in [0.25, 0.3) is 0 Å². The van der Waals surface area contributed by atoms with E-state index in [1.165, 1.54) is 11.8 Å². The SMILES string of the molecule is CCN1C(=O)C(C)(C(=O)NCCO)Oc2ccccc21. The highest BCUT2D eigenvalue weighted by molar-refractivity contribution is 6.16. The predicted molar refractivity (Wildman–Crippen MR) is 73.6 cm³/mol. The van der Waals surface area contributed by atoms with Crippen LogP contribution in [-0.4, -0.2) is 42.2 Å². The molecule has 108 valence electrons. The minimum Gasteiger partial charge on any atom is -0.466 e. The first-order valence-electron chi connectivity index (χ1n) is 6.53. The lowest BCUT2D eigenvalue weighted by Crippen LogP contribution is -2.62. The molecule has 0 aliphatic carbocycles. The number of amides is 2. The molecule has 1 aromatic rings. The molecule has 2 amide bonds. The second-order valence-corrected chi connectivity index (χ2v) is 4.63. The lowest BCUT2D eigenvalue weighted by Gasteiger charge is -2.39. The predicted octanol–water partition coefficient (Wildman–Crippen LogP) is 0.299. The van der Waals surface area contributed by atoms with Gasteiger partial charge in [-0.25, -0.2) is 0 Å². The summed E-state index contributed by atoms with van der Waals surface area (Å²) in [5.41, 5.74) is -0.952. The average molecular weight is 278 g/mol. The zero-order valence-electron chi connectivity index (χ0n) is 11.5. The van der Waals surface area contributed by atoms with Crippen LogP contribution in [0.15, 0.2) is 24.3 Å². The van der Waals surface area contributed by atoms with Crippen LogP contribution in [0.3, 0.4) is 0 Å². The number of benzene rings is 1. The molecule has 0 saturated carbocycles. The first-order chi connectivity index (χ1) is 9.54. The number of hydrogen-bond donors (Lipinski definition) is 2. The molecule has 6 nitrogen and oxygen atoms in total. The highest BCUT2D eigenvalue weighted by Gasteiger charge is 2.50. The van der Waals surface area contributed by atoms with E-state index in [4.69, 9.17) is 9.84 Å². The van der Waals surface area contributed by atoms with Crippen LogP contribution < -0.4 is 15.0 Å². The molecule has 0 spiro atoms. The van der Waals surface area contributed by atoms with E-state index < -0.39 is 17.4 Å². The molecule has 0 aromatic heterocycles. The molecule has 0 radical (unpaired) electrons. The van der Waals surface area contributed by atoms with Crippen LogP contribution in [0.1, 0.15) is 13.8 Å². The molecule has 2 N–H and O–H groups in total. The molecule has 1 heterocycles. The maximum absolute atomic E-state index is 12.5. The van der Waals surface area contributed by atoms with Gasteiger partial charge in [-0.1, -0.05) is 12.1 Å². The largest absolute Gasteiger partial charge is 0.466 e. The van der Waals surface area contributed by atoms with E-state index in [2.05, 4.69) is 5.32 Å². The Hall–Kier alpha value is -2.08. The van der Waals surface area contributed by atoms with Gasteiger partial charge in [0.05, 0.1) is 12.3 Å². The Morgan fingerprint density at radius 2 is 2.15 bits per heavy atom. The molecule has 1 atom stereocenters. The van der Waals surface area contributed by atoms with Crippen molar-refractivity contribution in [3.05, 3.63) is 24.3 Å². The Morgan fingerprint density at radius 3 is 2.80 bits per heavy atom. The van der Waals surface area contributed by atoms with E-state index in [0.717, 1.165) is 0 Å². The zero-order valence-corrected chi connectivity index (χ0v) is 11.5. The summed E-state index contributed by atoms with van der Waals surface area (Å²) in [4.78, 5) is 26.2. The average Bonchev–Trinajstić information content (AvgIpc) is 2.46. The number of rotatable bonds is 4. The van der Waals surface area contributed by atoms with Gasteiger partial charge in [-0.05, 0) is 26.0 Å². The monoisotopic (exact) mass is 278 g/mol. The summed E-state index contributed by atoms with van der Waals surface area (Å²) in [5, 5.41) is 11.3. The number of aliphatic hydroxyl groups is 1. The number of nitrogens with zero attached hydrogens (tertiary/aromatic N) is 1. The van der Waals surface area contributed by atoms with Crippen LogP contribution in [0.5, 0.6) is 5.75 Å². The molecule has 6 heteroatoms. The highest BCUT2D eigenvalue weighted by Crippen LogP contribution is 2.37. The normalized spacial score (nSPS) is 21.1. The third-order valence-electron chi connectivity index (χ3n) is 3.27. The van der Waals surface area contributed by atoms with Gasteiger partial charge in [-0.15, -0.1) is 0 Å². The van der Waals surface area contributed by atoms with Crippen LogP contribution in [0.4, 0.5) is 5.69 Å². The summed E-state index contributed by atoms with van der Waals surface area (Å²) in [6.07, 6.45) is 0.